The zero-order valence-corrected chi connectivity index (χ0v) is 9.56. The molecular weight excluding hydrogens is 208 g/mol. The van der Waals surface area contributed by atoms with Gasteiger partial charge in [0, 0.05) is 38.6 Å². The van der Waals surface area contributed by atoms with E-state index in [0.717, 1.165) is 26.1 Å². The first-order chi connectivity index (χ1) is 7.58. The summed E-state index contributed by atoms with van der Waals surface area (Å²) in [6.07, 6.45) is 1.59. The van der Waals surface area contributed by atoms with Crippen LogP contribution in [-0.2, 0) is 9.59 Å². The second-order valence-electron chi connectivity index (χ2n) is 4.78. The van der Waals surface area contributed by atoms with E-state index in [1.165, 1.54) is 0 Å². The lowest BCUT2D eigenvalue weighted by Gasteiger charge is -2.38. The van der Waals surface area contributed by atoms with Gasteiger partial charge < -0.3 is 10.0 Å². The average molecular weight is 226 g/mol. The van der Waals surface area contributed by atoms with Gasteiger partial charge in [-0.1, -0.05) is 6.92 Å². The monoisotopic (exact) mass is 226 g/mol. The maximum Gasteiger partial charge on any atom is 0.307 e. The van der Waals surface area contributed by atoms with Gasteiger partial charge in [-0.3, -0.25) is 14.5 Å². The van der Waals surface area contributed by atoms with E-state index in [1.807, 2.05) is 4.90 Å². The number of carboxylic acids is 1. The Morgan fingerprint density at radius 3 is 3.00 bits per heavy atom. The Morgan fingerprint density at radius 2 is 2.31 bits per heavy atom. The molecule has 0 aromatic heterocycles. The second kappa shape index (κ2) is 4.41. The highest BCUT2D eigenvalue weighted by molar-refractivity contribution is 5.79. The lowest BCUT2D eigenvalue weighted by molar-refractivity contribution is -0.142. The number of fused-ring (bicyclic) bond motifs is 1. The van der Waals surface area contributed by atoms with Gasteiger partial charge >= 0.3 is 5.97 Å². The molecule has 5 nitrogen and oxygen atoms in total. The molecular formula is C11H18N2O3. The van der Waals surface area contributed by atoms with Crippen molar-refractivity contribution >= 4 is 11.9 Å². The number of hydrogen-bond donors (Lipinski definition) is 1. The molecule has 0 spiro atoms. The first-order valence-electron chi connectivity index (χ1n) is 5.82. The summed E-state index contributed by atoms with van der Waals surface area (Å²) in [5, 5.41) is 8.85. The van der Waals surface area contributed by atoms with Crippen LogP contribution in [0.3, 0.4) is 0 Å². The summed E-state index contributed by atoms with van der Waals surface area (Å²) in [7, 11) is 0. The number of carbonyl (C=O) groups is 2. The number of piperazine rings is 1. The van der Waals surface area contributed by atoms with E-state index in [1.54, 1.807) is 6.92 Å². The smallest absolute Gasteiger partial charge is 0.307 e. The molecule has 0 aliphatic carbocycles. The lowest BCUT2D eigenvalue weighted by Crippen LogP contribution is -2.52. The fraction of sp³-hybridized carbons (Fsp3) is 0.818. The van der Waals surface area contributed by atoms with E-state index >= 15 is 0 Å². The first kappa shape index (κ1) is 11.4. The highest BCUT2D eigenvalue weighted by Gasteiger charge is 2.35. The number of carbonyl (C=O) groups excluding carboxylic acids is 1. The van der Waals surface area contributed by atoms with Crippen molar-refractivity contribution in [3.8, 4) is 0 Å². The van der Waals surface area contributed by atoms with Crippen LogP contribution in [0.4, 0.5) is 0 Å². The van der Waals surface area contributed by atoms with Crippen LogP contribution in [0.5, 0.6) is 0 Å². The third kappa shape index (κ3) is 2.19. The van der Waals surface area contributed by atoms with Gasteiger partial charge in [-0.25, -0.2) is 0 Å². The molecule has 1 amide bonds. The Labute approximate surface area is 95.0 Å². The van der Waals surface area contributed by atoms with Gasteiger partial charge in [0.2, 0.25) is 5.91 Å². The highest BCUT2D eigenvalue weighted by Crippen LogP contribution is 2.23. The van der Waals surface area contributed by atoms with E-state index in [0.29, 0.717) is 19.0 Å². The van der Waals surface area contributed by atoms with Crippen LogP contribution < -0.4 is 0 Å². The SMILES string of the molecule is CC(CN1CCN2C(=O)CCC2C1)C(=O)O. The molecule has 90 valence electrons. The zero-order chi connectivity index (χ0) is 11.7. The van der Waals surface area contributed by atoms with Gasteiger partial charge in [-0.05, 0) is 6.42 Å². The lowest BCUT2D eigenvalue weighted by atomic mass is 10.1. The molecule has 0 bridgehead atoms. The third-order valence-corrected chi connectivity index (χ3v) is 3.53. The van der Waals surface area contributed by atoms with Crippen LogP contribution in [0.15, 0.2) is 0 Å². The number of nitrogens with zero attached hydrogens (tertiary/aromatic N) is 2. The van der Waals surface area contributed by atoms with Crippen LogP contribution in [0.1, 0.15) is 19.8 Å². The van der Waals surface area contributed by atoms with Crippen molar-refractivity contribution in [1.29, 1.82) is 0 Å². The first-order valence-corrected chi connectivity index (χ1v) is 5.82. The Balaban J connectivity index is 1.87. The maximum atomic E-state index is 11.5. The summed E-state index contributed by atoms with van der Waals surface area (Å²) in [4.78, 5) is 26.3. The Hall–Kier alpha value is -1.10. The van der Waals surface area contributed by atoms with Gasteiger partial charge in [0.05, 0.1) is 5.92 Å². The molecule has 0 saturated carbocycles. The van der Waals surface area contributed by atoms with Crippen molar-refractivity contribution in [3.63, 3.8) is 0 Å². The minimum absolute atomic E-state index is 0.260. The van der Waals surface area contributed by atoms with Crippen LogP contribution in [0.2, 0.25) is 0 Å². The topological polar surface area (TPSA) is 60.9 Å². The molecule has 2 rings (SSSR count). The fourth-order valence-electron chi connectivity index (χ4n) is 2.56. The van der Waals surface area contributed by atoms with E-state index < -0.39 is 5.97 Å². The van der Waals surface area contributed by atoms with E-state index in [4.69, 9.17) is 5.11 Å². The summed E-state index contributed by atoms with van der Waals surface area (Å²) < 4.78 is 0. The molecule has 2 fully saturated rings. The van der Waals surface area contributed by atoms with Crippen LogP contribution in [-0.4, -0.2) is 59.0 Å². The summed E-state index contributed by atoms with van der Waals surface area (Å²) in [6.45, 7) is 4.72. The number of rotatable bonds is 3. The minimum Gasteiger partial charge on any atom is -0.481 e. The zero-order valence-electron chi connectivity index (χ0n) is 9.56. The average Bonchev–Trinajstić information content (AvgIpc) is 2.60. The van der Waals surface area contributed by atoms with Gasteiger partial charge in [-0.2, -0.15) is 0 Å². The molecule has 2 heterocycles. The van der Waals surface area contributed by atoms with Gasteiger partial charge in [0.15, 0.2) is 0 Å². The maximum absolute atomic E-state index is 11.5. The van der Waals surface area contributed by atoms with E-state index in [2.05, 4.69) is 4.90 Å². The van der Waals surface area contributed by atoms with Gasteiger partial charge in [0.1, 0.15) is 0 Å². The number of aliphatic carboxylic acids is 1. The van der Waals surface area contributed by atoms with Crippen LogP contribution >= 0.6 is 0 Å². The normalized spacial score (nSPS) is 27.9. The number of carboxylic acid groups (broad SMARTS) is 1. The molecule has 2 saturated heterocycles. The van der Waals surface area contributed by atoms with Crippen molar-refractivity contribution in [2.24, 2.45) is 5.92 Å². The Bertz CT molecular complexity index is 306. The Morgan fingerprint density at radius 1 is 1.56 bits per heavy atom. The van der Waals surface area contributed by atoms with Crippen molar-refractivity contribution in [2.45, 2.75) is 25.8 Å². The second-order valence-corrected chi connectivity index (χ2v) is 4.78. The van der Waals surface area contributed by atoms with E-state index in [-0.39, 0.29) is 11.8 Å². The van der Waals surface area contributed by atoms with Crippen molar-refractivity contribution in [1.82, 2.24) is 9.80 Å². The predicted molar refractivity (Wildman–Crippen MR) is 58.0 cm³/mol. The van der Waals surface area contributed by atoms with Crippen LogP contribution in [0.25, 0.3) is 0 Å². The number of amides is 1. The van der Waals surface area contributed by atoms with Gasteiger partial charge in [-0.15, -0.1) is 0 Å². The summed E-state index contributed by atoms with van der Waals surface area (Å²) in [6, 6.07) is 0.322. The largest absolute Gasteiger partial charge is 0.481 e. The third-order valence-electron chi connectivity index (χ3n) is 3.53. The summed E-state index contributed by atoms with van der Waals surface area (Å²) in [5.74, 6) is -0.815. The van der Waals surface area contributed by atoms with Crippen molar-refractivity contribution < 1.29 is 14.7 Å². The Kier molecular flexibility index (Phi) is 3.14. The van der Waals surface area contributed by atoms with Crippen molar-refractivity contribution in [3.05, 3.63) is 0 Å². The quantitative estimate of drug-likeness (QED) is 0.736. The molecule has 0 aromatic carbocycles. The summed E-state index contributed by atoms with van der Waals surface area (Å²) in [5.41, 5.74) is 0. The molecule has 2 aliphatic rings. The van der Waals surface area contributed by atoms with E-state index in [9.17, 15) is 9.59 Å². The molecule has 16 heavy (non-hydrogen) atoms. The predicted octanol–water partition coefficient (Wildman–Crippen LogP) is 0.0137. The molecule has 2 unspecified atom stereocenters. The van der Waals surface area contributed by atoms with Crippen molar-refractivity contribution in [2.75, 3.05) is 26.2 Å². The molecule has 1 N–H and O–H groups in total. The minimum atomic E-state index is -0.745. The fourth-order valence-corrected chi connectivity index (χ4v) is 2.56. The van der Waals surface area contributed by atoms with Crippen LogP contribution in [0, 0.1) is 5.92 Å². The molecule has 2 aliphatic heterocycles. The molecule has 0 aromatic rings. The molecule has 0 radical (unpaired) electrons. The molecule has 2 atom stereocenters. The number of hydrogen-bond acceptors (Lipinski definition) is 3. The highest BCUT2D eigenvalue weighted by atomic mass is 16.4. The van der Waals surface area contributed by atoms with Gasteiger partial charge in [0.25, 0.3) is 0 Å². The standard InChI is InChI=1S/C11H18N2O3/c1-8(11(15)16)6-12-4-5-13-9(7-12)2-3-10(13)14/h8-9H,2-7H2,1H3,(H,15,16). The molecule has 5 heteroatoms. The summed E-state index contributed by atoms with van der Waals surface area (Å²) >= 11 is 0.